The molecular weight excluding hydrogens is 1300 g/mol. The van der Waals surface area contributed by atoms with E-state index in [0.29, 0.717) is 48.5 Å². The Morgan fingerprint density at radius 3 is 0.393 bits per heavy atom. The summed E-state index contributed by atoms with van der Waals surface area (Å²) in [6, 6.07) is 8.83. The molecule has 0 aliphatic heterocycles. The topological polar surface area (TPSA) is 233 Å². The van der Waals surface area contributed by atoms with Gasteiger partial charge in [0.05, 0.1) is 65.1 Å². The zero-order chi connectivity index (χ0) is 64.5. The molecule has 0 saturated carbocycles. The van der Waals surface area contributed by atoms with Crippen molar-refractivity contribution in [3.63, 3.8) is 0 Å². The van der Waals surface area contributed by atoms with Crippen molar-refractivity contribution in [2.75, 3.05) is 42.5 Å². The second-order valence-corrected chi connectivity index (χ2v) is 19.0. The number of anilines is 8. The van der Waals surface area contributed by atoms with Gasteiger partial charge in [-0.1, -0.05) is 24.3 Å². The number of rotatable bonds is 14. The van der Waals surface area contributed by atoms with Crippen molar-refractivity contribution in [3.8, 4) is 0 Å². The molecule has 460 valence electrons. The number of carbonyl (C=O) groups excluding carboxylic acids is 8. The van der Waals surface area contributed by atoms with Crippen LogP contribution in [0.4, 0.5) is 151 Å². The van der Waals surface area contributed by atoms with Gasteiger partial charge in [0.15, 0.2) is 0 Å². The Labute approximate surface area is 462 Å². The number of carbonyl (C=O) groups is 8. The Bertz CT molecular complexity index is 2560. The second-order valence-electron chi connectivity index (χ2n) is 14.7. The monoisotopic (exact) mass is 1320 g/mol. The van der Waals surface area contributed by atoms with Crippen molar-refractivity contribution in [3.05, 3.63) is 72.8 Å². The number of amides is 8. The lowest BCUT2D eigenvalue weighted by Crippen LogP contribution is -2.31. The van der Waals surface area contributed by atoms with E-state index in [4.69, 9.17) is 0 Å². The first kappa shape index (κ1) is 70.6. The fourth-order valence-corrected chi connectivity index (χ4v) is 10.2. The van der Waals surface area contributed by atoms with E-state index >= 15 is 0 Å². The van der Waals surface area contributed by atoms with Gasteiger partial charge in [0.25, 0.3) is 0 Å². The van der Waals surface area contributed by atoms with E-state index in [0.717, 1.165) is 24.3 Å². The molecule has 0 radical (unpaired) electrons. The highest BCUT2D eigenvalue weighted by molar-refractivity contribution is 8.77. The molecule has 0 saturated heterocycles. The van der Waals surface area contributed by atoms with Gasteiger partial charge in [-0.15, -0.1) is 0 Å². The second kappa shape index (κ2) is 26.9. The summed E-state index contributed by atoms with van der Waals surface area (Å²) in [7, 11) is 0.0677. The molecule has 0 aliphatic carbocycles. The SMILES string of the molecule is O=C(Nc1cccc(NC(=O)C(F)(F)F)c1SSc1c(NC(=O)C(F)(F)F)cccc1NC(=O)C(F)(F)F)C(F)(F)F.O=C(Nc1cccc(NC(=O)C(F)(F)F)c1SSc1c(NC(=O)C(F)(F)F)cccc1NC(=O)C(F)(F)F)C(F)(F)F. The van der Waals surface area contributed by atoms with Crippen LogP contribution < -0.4 is 42.5 Å². The largest absolute Gasteiger partial charge is 0.471 e. The van der Waals surface area contributed by atoms with Gasteiger partial charge in [-0.2, -0.15) is 105 Å². The number of alkyl halides is 24. The van der Waals surface area contributed by atoms with E-state index in [1.165, 1.54) is 42.5 Å². The van der Waals surface area contributed by atoms with Crippen LogP contribution in [0.15, 0.2) is 92.4 Å². The molecule has 0 atom stereocenters. The van der Waals surface area contributed by atoms with Crippen molar-refractivity contribution < 1.29 is 144 Å². The first-order valence-electron chi connectivity index (χ1n) is 20.3. The van der Waals surface area contributed by atoms with Gasteiger partial charge in [-0.05, 0) is 91.7 Å². The Hall–Kier alpha value is -7.64. The van der Waals surface area contributed by atoms with Gasteiger partial charge >= 0.3 is 96.7 Å². The van der Waals surface area contributed by atoms with Crippen LogP contribution in [0.3, 0.4) is 0 Å². The number of benzene rings is 4. The lowest BCUT2D eigenvalue weighted by Gasteiger charge is -2.19. The minimum absolute atomic E-state index is 0.0169. The van der Waals surface area contributed by atoms with Gasteiger partial charge in [-0.25, -0.2) is 0 Å². The van der Waals surface area contributed by atoms with Crippen LogP contribution >= 0.6 is 43.2 Å². The van der Waals surface area contributed by atoms with Crippen molar-refractivity contribution in [1.29, 1.82) is 0 Å². The summed E-state index contributed by atoms with van der Waals surface area (Å²) in [6.07, 6.45) is -44.3. The number of hydrogen-bond acceptors (Lipinski definition) is 12. The normalized spacial score (nSPS) is 12.4. The average Bonchev–Trinajstić information content (AvgIpc) is 3.53. The molecule has 8 amide bonds. The third-order valence-corrected chi connectivity index (χ3v) is 13.6. The summed E-state index contributed by atoms with van der Waals surface area (Å²) in [5.41, 5.74) is -7.28. The maximum Gasteiger partial charge on any atom is 0.471 e. The molecule has 0 aromatic heterocycles. The number of hydrogen-bond donors (Lipinski definition) is 8. The first-order chi connectivity index (χ1) is 38.0. The molecule has 0 aliphatic rings. The maximum atomic E-state index is 12.8. The lowest BCUT2D eigenvalue weighted by molar-refractivity contribution is -0.167. The van der Waals surface area contributed by atoms with Crippen LogP contribution in [0.2, 0.25) is 0 Å². The summed E-state index contributed by atoms with van der Waals surface area (Å²) in [6.45, 7) is 0. The molecule has 44 heteroatoms. The van der Waals surface area contributed by atoms with Gasteiger partial charge in [0.2, 0.25) is 0 Å². The quantitative estimate of drug-likeness (QED) is 0.0435. The number of halogens is 24. The zero-order valence-electron chi connectivity index (χ0n) is 38.9. The van der Waals surface area contributed by atoms with Gasteiger partial charge in [0.1, 0.15) is 0 Å². The summed E-state index contributed by atoms with van der Waals surface area (Å²) >= 11 is 0. The fourth-order valence-electron chi connectivity index (χ4n) is 5.01. The van der Waals surface area contributed by atoms with E-state index in [9.17, 15) is 144 Å². The van der Waals surface area contributed by atoms with Gasteiger partial charge < -0.3 is 42.5 Å². The van der Waals surface area contributed by atoms with Crippen LogP contribution in [0.25, 0.3) is 0 Å². The molecule has 4 aromatic carbocycles. The first-order valence-corrected chi connectivity index (χ1v) is 24.6. The lowest BCUT2D eigenvalue weighted by atomic mass is 10.2. The molecule has 0 bridgehead atoms. The zero-order valence-corrected chi connectivity index (χ0v) is 42.2. The standard InChI is InChI=1S/2C20H10F12N4O4S2/c2*21-17(22,23)13(37)33-7-3-1-4-8(34-14(38)18(24,25)26)11(7)41-42-12-9(35-15(39)19(27,28)29)5-2-6-10(12)36-16(40)20(30,31)32/h2*1-6H,(H,33,37)(H,34,38)(H,35,39)(H,36,40). The Balaban J connectivity index is 0.000000440. The Morgan fingerprint density at radius 2 is 0.310 bits per heavy atom. The molecule has 0 unspecified atom stereocenters. The molecule has 0 spiro atoms. The average molecular weight is 1320 g/mol. The molecule has 0 heterocycles. The molecule has 84 heavy (non-hydrogen) atoms. The van der Waals surface area contributed by atoms with E-state index in [1.807, 2.05) is 0 Å². The fraction of sp³-hybridized carbons (Fsp3) is 0.200. The van der Waals surface area contributed by atoms with E-state index in [1.54, 1.807) is 0 Å². The summed E-state index contributed by atoms with van der Waals surface area (Å²) in [5.74, 6) is -21.2. The predicted octanol–water partition coefficient (Wildman–Crippen LogP) is 13.0. The highest BCUT2D eigenvalue weighted by atomic mass is 33.1. The molecule has 4 rings (SSSR count). The van der Waals surface area contributed by atoms with Crippen LogP contribution in [-0.4, -0.2) is 96.7 Å². The molecule has 16 nitrogen and oxygen atoms in total. The molecular formula is C40H20F24N8O8S4. The third-order valence-electron chi connectivity index (χ3n) is 8.52. The Morgan fingerprint density at radius 1 is 0.214 bits per heavy atom. The summed E-state index contributed by atoms with van der Waals surface area (Å²) < 4.78 is 308. The Kier molecular flexibility index (Phi) is 22.7. The van der Waals surface area contributed by atoms with Crippen LogP contribution in [0.5, 0.6) is 0 Å². The third kappa shape index (κ3) is 20.9. The smallest absolute Gasteiger partial charge is 0.317 e. The van der Waals surface area contributed by atoms with Crippen LogP contribution in [0.1, 0.15) is 0 Å². The van der Waals surface area contributed by atoms with Gasteiger partial charge in [0, 0.05) is 0 Å². The minimum Gasteiger partial charge on any atom is -0.317 e. The summed E-state index contributed by atoms with van der Waals surface area (Å²) in [4.78, 5) is 88.4. The van der Waals surface area contributed by atoms with E-state index in [2.05, 4.69) is 0 Å². The van der Waals surface area contributed by atoms with E-state index in [-0.39, 0.29) is 43.2 Å². The van der Waals surface area contributed by atoms with Crippen LogP contribution in [-0.2, 0) is 38.4 Å². The minimum atomic E-state index is -5.54. The van der Waals surface area contributed by atoms with Crippen LogP contribution in [0, 0.1) is 0 Å². The van der Waals surface area contributed by atoms with Crippen molar-refractivity contribution in [1.82, 2.24) is 0 Å². The van der Waals surface area contributed by atoms with Gasteiger partial charge in [-0.3, -0.25) is 38.4 Å². The van der Waals surface area contributed by atoms with E-state index < -0.39 is 162 Å². The summed E-state index contributed by atoms with van der Waals surface area (Å²) in [5, 5.41) is 10.4. The van der Waals surface area contributed by atoms with Crippen molar-refractivity contribution >= 4 is 136 Å². The molecule has 8 N–H and O–H groups in total. The van der Waals surface area contributed by atoms with Crippen molar-refractivity contribution in [2.24, 2.45) is 0 Å². The predicted molar refractivity (Wildman–Crippen MR) is 247 cm³/mol. The highest BCUT2D eigenvalue weighted by Gasteiger charge is 2.45. The molecule has 0 fully saturated rings. The molecule has 4 aromatic rings. The van der Waals surface area contributed by atoms with Crippen molar-refractivity contribution in [2.45, 2.75) is 69.0 Å². The number of nitrogens with one attached hydrogen (secondary N) is 8. The maximum absolute atomic E-state index is 12.8. The highest BCUT2D eigenvalue weighted by Crippen LogP contribution is 2.52.